The first kappa shape index (κ1) is 34.0. The van der Waals surface area contributed by atoms with Gasteiger partial charge in [-0.1, -0.05) is 16.3 Å². The van der Waals surface area contributed by atoms with Crippen molar-refractivity contribution in [3.63, 3.8) is 0 Å². The maximum atomic E-state index is 11.4. The van der Waals surface area contributed by atoms with Crippen molar-refractivity contribution in [3.8, 4) is 10.9 Å². The van der Waals surface area contributed by atoms with Crippen molar-refractivity contribution in [2.75, 3.05) is 0 Å². The van der Waals surface area contributed by atoms with Gasteiger partial charge >= 0.3 is 11.0 Å². The molecule has 0 saturated carbocycles. The predicted octanol–water partition coefficient (Wildman–Crippen LogP) is 5.24. The molecule has 3 heterocycles. The number of imidazole rings is 1. The van der Waals surface area contributed by atoms with Gasteiger partial charge in [0.15, 0.2) is 25.8 Å². The van der Waals surface area contributed by atoms with Gasteiger partial charge in [-0.05, 0) is 59.1 Å². The number of halogens is 6. The van der Waals surface area contributed by atoms with Gasteiger partial charge in [0.25, 0.3) is 11.5 Å². The molecule has 20 heteroatoms. The van der Waals surface area contributed by atoms with Crippen LogP contribution < -0.4 is 9.45 Å². The second-order valence-electron chi connectivity index (χ2n) is 10.5. The SMILES string of the molecule is C[n+]1ccn(-c2nc3ccc(OON4C(C)(C)CCCC4(C)C)cc3s2)c1.O=S(=O)([N-]S(=O)(=O)C(F)(F)F)C(F)(F)F. The lowest BCUT2D eigenvalue weighted by Gasteiger charge is -2.49. The molecule has 0 spiro atoms. The number of fused-ring (bicyclic) bond motifs is 1. The van der Waals surface area contributed by atoms with E-state index in [9.17, 15) is 43.2 Å². The van der Waals surface area contributed by atoms with Crippen LogP contribution in [-0.2, 0) is 32.1 Å². The van der Waals surface area contributed by atoms with Gasteiger partial charge in [-0.25, -0.2) is 21.4 Å². The van der Waals surface area contributed by atoms with Crippen molar-refractivity contribution in [1.82, 2.24) is 14.6 Å². The van der Waals surface area contributed by atoms with E-state index in [-0.39, 0.29) is 11.1 Å². The fourth-order valence-electron chi connectivity index (χ4n) is 4.09. The van der Waals surface area contributed by atoms with Crippen LogP contribution in [0, 0.1) is 0 Å². The molecule has 0 atom stereocenters. The number of aromatic nitrogens is 3. The molecule has 1 fully saturated rings. The third kappa shape index (κ3) is 7.70. The number of sulfonamides is 2. The molecule has 0 radical (unpaired) electrons. The lowest BCUT2D eigenvalue weighted by atomic mass is 9.82. The largest absolute Gasteiger partial charge is 0.480 e. The number of aryl methyl sites for hydroxylation is 1. The Morgan fingerprint density at radius 3 is 2.00 bits per heavy atom. The highest BCUT2D eigenvalue weighted by Crippen LogP contribution is 2.39. The Hall–Kier alpha value is -2.52. The number of alkyl halides is 6. The summed E-state index contributed by atoms with van der Waals surface area (Å²) in [5.41, 5.74) is -11.6. The zero-order chi connectivity index (χ0) is 31.9. The van der Waals surface area contributed by atoms with Crippen LogP contribution in [-0.4, -0.2) is 53.5 Å². The van der Waals surface area contributed by atoms with E-state index < -0.39 is 31.1 Å². The Morgan fingerprint density at radius 1 is 0.976 bits per heavy atom. The van der Waals surface area contributed by atoms with Crippen LogP contribution in [0.15, 0.2) is 36.9 Å². The number of rotatable bonds is 6. The van der Waals surface area contributed by atoms with Crippen LogP contribution in [0.1, 0.15) is 47.0 Å². The zero-order valence-corrected chi connectivity index (χ0v) is 25.2. The lowest BCUT2D eigenvalue weighted by molar-refractivity contribution is -0.670. The fourth-order valence-corrected chi connectivity index (χ4v) is 6.75. The molecule has 3 aromatic rings. The van der Waals surface area contributed by atoms with Gasteiger partial charge in [-0.15, -0.1) is 5.06 Å². The molecule has 0 bridgehead atoms. The molecule has 4 rings (SSSR count). The summed E-state index contributed by atoms with van der Waals surface area (Å²) in [6.07, 6.45) is 9.37. The van der Waals surface area contributed by atoms with Gasteiger partial charge in [0.2, 0.25) is 0 Å². The summed E-state index contributed by atoms with van der Waals surface area (Å²) in [6, 6.07) is 5.87. The lowest BCUT2D eigenvalue weighted by Crippen LogP contribution is -2.58. The minimum Gasteiger partial charge on any atom is -0.421 e. The summed E-state index contributed by atoms with van der Waals surface area (Å²) in [5.74, 6) is 0.688. The van der Waals surface area contributed by atoms with Crippen molar-refractivity contribution in [1.29, 1.82) is 0 Å². The Kier molecular flexibility index (Phi) is 9.32. The van der Waals surface area contributed by atoms with Crippen LogP contribution in [0.2, 0.25) is 0 Å². The van der Waals surface area contributed by atoms with Crippen LogP contribution in [0.25, 0.3) is 19.5 Å². The van der Waals surface area contributed by atoms with Crippen molar-refractivity contribution >= 4 is 41.6 Å². The summed E-state index contributed by atoms with van der Waals surface area (Å²) in [4.78, 5) is 16.3. The Morgan fingerprint density at radius 2 is 1.52 bits per heavy atom. The van der Waals surface area contributed by atoms with Crippen molar-refractivity contribution in [2.24, 2.45) is 7.05 Å². The van der Waals surface area contributed by atoms with Crippen LogP contribution >= 0.6 is 11.3 Å². The maximum Gasteiger partial charge on any atom is 0.480 e. The molecular formula is C22H27F6N5O6S3. The van der Waals surface area contributed by atoms with Crippen molar-refractivity contribution < 1.29 is 57.6 Å². The normalized spacial score (nSPS) is 18.0. The minimum atomic E-state index is -6.72. The van der Waals surface area contributed by atoms with E-state index in [1.165, 1.54) is 6.42 Å². The number of piperidine rings is 1. The van der Waals surface area contributed by atoms with E-state index in [1.807, 2.05) is 58.2 Å². The average Bonchev–Trinajstić information content (AvgIpc) is 3.42. The second-order valence-corrected chi connectivity index (χ2v) is 14.9. The quantitative estimate of drug-likeness (QED) is 0.151. The highest BCUT2D eigenvalue weighted by molar-refractivity contribution is 8.13. The van der Waals surface area contributed by atoms with Gasteiger partial charge in [0.05, 0.1) is 17.3 Å². The third-order valence-electron chi connectivity index (χ3n) is 6.00. The van der Waals surface area contributed by atoms with E-state index in [1.54, 1.807) is 11.3 Å². The molecule has 0 amide bonds. The number of hydrogen-bond donors (Lipinski definition) is 0. The zero-order valence-electron chi connectivity index (χ0n) is 22.8. The summed E-state index contributed by atoms with van der Waals surface area (Å²) < 4.78 is 114. The highest BCUT2D eigenvalue weighted by Gasteiger charge is 2.47. The van der Waals surface area contributed by atoms with Crippen LogP contribution in [0.4, 0.5) is 26.3 Å². The molecule has 0 unspecified atom stereocenters. The molecule has 42 heavy (non-hydrogen) atoms. The number of hydrogen-bond acceptors (Lipinski definition) is 9. The Bertz CT molecular complexity index is 1570. The summed E-state index contributed by atoms with van der Waals surface area (Å²) in [7, 11) is -11.4. The van der Waals surface area contributed by atoms with Gasteiger partial charge in [0, 0.05) is 17.1 Å². The molecule has 0 N–H and O–H groups in total. The Labute approximate surface area is 241 Å². The van der Waals surface area contributed by atoms with Gasteiger partial charge in [-0.2, -0.15) is 35.9 Å². The number of hydroxylamine groups is 2. The molecule has 0 aliphatic carbocycles. The third-order valence-corrected chi connectivity index (χ3v) is 9.78. The standard InChI is InChI=1S/C20H27N4O2S.C2F6NO4S2/c1-19(2)9-6-10-20(3,4)24(19)26-25-15-7-8-16-17(13-15)27-18(21-16)23-12-11-22(5)14-23;3-1(4,5)14(10,11)9-15(12,13)2(6,7)8/h7-8,11-14H,6,9-10H2,1-5H3;/q+1;-1. The van der Waals surface area contributed by atoms with E-state index in [0.29, 0.717) is 5.75 Å². The molecule has 11 nitrogen and oxygen atoms in total. The van der Waals surface area contributed by atoms with Crippen molar-refractivity contribution in [2.45, 2.75) is 69.1 Å². The van der Waals surface area contributed by atoms with E-state index >= 15 is 0 Å². The minimum absolute atomic E-state index is 0.0620. The number of nitrogens with zero attached hydrogens (tertiary/aromatic N) is 5. The first-order valence-electron chi connectivity index (χ1n) is 11.9. The first-order valence-corrected chi connectivity index (χ1v) is 15.6. The molecule has 236 valence electrons. The summed E-state index contributed by atoms with van der Waals surface area (Å²) in [5, 5.41) is 2.94. The van der Waals surface area contributed by atoms with Crippen LogP contribution in [0.3, 0.4) is 0 Å². The fraction of sp³-hybridized carbons (Fsp3) is 0.545. The number of thiazole rings is 1. The molecule has 1 aromatic carbocycles. The number of benzene rings is 1. The predicted molar refractivity (Wildman–Crippen MR) is 139 cm³/mol. The van der Waals surface area contributed by atoms with Gasteiger partial charge in [-0.3, -0.25) is 0 Å². The van der Waals surface area contributed by atoms with Crippen LogP contribution in [0.5, 0.6) is 5.75 Å². The van der Waals surface area contributed by atoms with Gasteiger partial charge in [0.1, 0.15) is 12.4 Å². The monoisotopic (exact) mass is 667 g/mol. The molecule has 2 aromatic heterocycles. The topological polar surface area (TPSA) is 126 Å². The summed E-state index contributed by atoms with van der Waals surface area (Å²) >= 11 is 1.63. The average molecular weight is 668 g/mol. The second kappa shape index (κ2) is 11.5. The first-order chi connectivity index (χ1) is 19.0. The highest BCUT2D eigenvalue weighted by atomic mass is 32.3. The molecule has 1 aliphatic heterocycles. The van der Waals surface area contributed by atoms with Gasteiger partial charge < -0.3 is 9.01 Å². The molecule has 1 aliphatic rings. The molecular weight excluding hydrogens is 640 g/mol. The van der Waals surface area contributed by atoms with E-state index in [4.69, 9.17) is 14.9 Å². The smallest absolute Gasteiger partial charge is 0.421 e. The maximum absolute atomic E-state index is 11.4. The van der Waals surface area contributed by atoms with E-state index in [0.717, 1.165) is 32.3 Å². The van der Waals surface area contributed by atoms with Crippen molar-refractivity contribution in [3.05, 3.63) is 41.0 Å². The summed E-state index contributed by atoms with van der Waals surface area (Å²) in [6.45, 7) is 8.81. The molecule has 1 saturated heterocycles. The Balaban J connectivity index is 0.000000277. The van der Waals surface area contributed by atoms with E-state index in [2.05, 4.69) is 27.7 Å².